The van der Waals surface area contributed by atoms with Crippen molar-refractivity contribution in [2.75, 3.05) is 32.1 Å². The number of hydrogen-bond acceptors (Lipinski definition) is 4. The van der Waals surface area contributed by atoms with E-state index in [1.165, 1.54) is 16.0 Å². The van der Waals surface area contributed by atoms with E-state index in [1.807, 2.05) is 6.07 Å². The van der Waals surface area contributed by atoms with Crippen LogP contribution in [0.1, 0.15) is 35.0 Å². The number of fused-ring (bicyclic) bond motifs is 2. The zero-order valence-corrected chi connectivity index (χ0v) is 17.9. The number of nitrogens with one attached hydrogen (secondary N) is 3. The number of H-pyrrole nitrogens is 1. The number of aromatic amines is 1. The fraction of sp³-hybridized carbons (Fsp3) is 0.333. The number of anilines is 1. The molecular weight excluding hydrogens is 394 g/mol. The molecule has 0 saturated carbocycles. The van der Waals surface area contributed by atoms with Crippen LogP contribution in [0.5, 0.6) is 5.75 Å². The highest BCUT2D eigenvalue weighted by Gasteiger charge is 2.23. The van der Waals surface area contributed by atoms with Crippen molar-refractivity contribution in [3.63, 3.8) is 0 Å². The second-order valence-electron chi connectivity index (χ2n) is 7.75. The zero-order valence-electron chi connectivity index (χ0n) is 17.9. The molecule has 0 saturated heterocycles. The number of carbonyl (C=O) groups is 2. The lowest BCUT2D eigenvalue weighted by molar-refractivity contribution is -0.915. The van der Waals surface area contributed by atoms with Crippen molar-refractivity contribution in [2.24, 2.45) is 0 Å². The largest absolute Gasteiger partial charge is 0.497 e. The van der Waals surface area contributed by atoms with Crippen molar-refractivity contribution in [3.8, 4) is 5.75 Å². The van der Waals surface area contributed by atoms with Crippen molar-refractivity contribution in [2.45, 2.75) is 26.3 Å². The third-order valence-corrected chi connectivity index (χ3v) is 5.76. The van der Waals surface area contributed by atoms with Crippen LogP contribution in [0.25, 0.3) is 10.9 Å². The summed E-state index contributed by atoms with van der Waals surface area (Å²) in [4.78, 5) is 29.7. The molecule has 3 N–H and O–H groups in total. The lowest BCUT2D eigenvalue weighted by Gasteiger charge is -2.25. The van der Waals surface area contributed by atoms with Crippen molar-refractivity contribution < 1.29 is 24.0 Å². The molecule has 162 valence electrons. The molecular formula is C24H28N3O4+. The number of benzene rings is 2. The zero-order chi connectivity index (χ0) is 21.8. The summed E-state index contributed by atoms with van der Waals surface area (Å²) in [5, 5.41) is 3.66. The number of ether oxygens (including phenoxy) is 2. The quantitative estimate of drug-likeness (QED) is 0.510. The Balaban J connectivity index is 1.48. The number of carbonyl (C=O) groups excluding carboxylic acids is 2. The van der Waals surface area contributed by atoms with Crippen LogP contribution in [-0.2, 0) is 22.5 Å². The van der Waals surface area contributed by atoms with Gasteiger partial charge in [-0.2, -0.15) is 0 Å². The monoisotopic (exact) mass is 422 g/mol. The summed E-state index contributed by atoms with van der Waals surface area (Å²) < 4.78 is 10.5. The number of rotatable bonds is 7. The molecule has 1 unspecified atom stereocenters. The number of hydrogen-bond donors (Lipinski definition) is 3. The molecule has 1 aliphatic rings. The van der Waals surface area contributed by atoms with Crippen LogP contribution in [0.4, 0.5) is 5.69 Å². The van der Waals surface area contributed by atoms with E-state index in [-0.39, 0.29) is 18.2 Å². The molecule has 4 rings (SSSR count). The summed E-state index contributed by atoms with van der Waals surface area (Å²) in [5.74, 6) is 0.0284. The van der Waals surface area contributed by atoms with Gasteiger partial charge < -0.3 is 24.7 Å². The predicted molar refractivity (Wildman–Crippen MR) is 119 cm³/mol. The van der Waals surface area contributed by atoms with Crippen LogP contribution in [0, 0.1) is 0 Å². The minimum Gasteiger partial charge on any atom is -0.497 e. The number of aromatic nitrogens is 1. The summed E-state index contributed by atoms with van der Waals surface area (Å²) >= 11 is 0. The molecule has 1 amide bonds. The second kappa shape index (κ2) is 9.22. The fourth-order valence-electron chi connectivity index (χ4n) is 4.13. The second-order valence-corrected chi connectivity index (χ2v) is 7.75. The van der Waals surface area contributed by atoms with E-state index in [4.69, 9.17) is 9.47 Å². The van der Waals surface area contributed by atoms with Crippen LogP contribution in [0.3, 0.4) is 0 Å². The molecule has 7 heteroatoms. The van der Waals surface area contributed by atoms with E-state index in [2.05, 4.69) is 34.6 Å². The summed E-state index contributed by atoms with van der Waals surface area (Å²) in [6, 6.07) is 13.9. The van der Waals surface area contributed by atoms with Crippen molar-refractivity contribution in [1.29, 1.82) is 0 Å². The van der Waals surface area contributed by atoms with Gasteiger partial charge in [-0.25, -0.2) is 4.79 Å². The molecule has 0 bridgehead atoms. The highest BCUT2D eigenvalue weighted by molar-refractivity contribution is 6.11. The minimum absolute atomic E-state index is 0.124. The third kappa shape index (κ3) is 4.56. The third-order valence-electron chi connectivity index (χ3n) is 5.76. The van der Waals surface area contributed by atoms with Gasteiger partial charge in [-0.15, -0.1) is 0 Å². The molecule has 0 fully saturated rings. The molecule has 1 atom stereocenters. The van der Waals surface area contributed by atoms with E-state index in [9.17, 15) is 9.59 Å². The average Bonchev–Trinajstić information content (AvgIpc) is 3.15. The maximum absolute atomic E-state index is 12.8. The van der Waals surface area contributed by atoms with Crippen molar-refractivity contribution in [1.82, 2.24) is 4.98 Å². The highest BCUT2D eigenvalue weighted by atomic mass is 16.5. The van der Waals surface area contributed by atoms with E-state index in [1.54, 1.807) is 26.2 Å². The van der Waals surface area contributed by atoms with Crippen molar-refractivity contribution in [3.05, 3.63) is 59.3 Å². The molecule has 1 aromatic heterocycles. The Morgan fingerprint density at radius 1 is 1.16 bits per heavy atom. The molecule has 3 aromatic rings. The Morgan fingerprint density at radius 3 is 2.74 bits per heavy atom. The molecule has 2 heterocycles. The van der Waals surface area contributed by atoms with E-state index in [0.29, 0.717) is 17.9 Å². The average molecular weight is 423 g/mol. The standard InChI is InChI=1S/C24H27N3O4/c1-3-31-24(29)23-22(19-14-18(30-2)8-9-20(19)25-23)26-21(28)11-13-27-12-10-16-6-4-5-7-17(16)15-27/h4-9,14,25H,3,10-13,15H2,1-2H3,(H,26,28)/p+1. The van der Waals surface area contributed by atoms with Gasteiger partial charge in [0, 0.05) is 22.9 Å². The van der Waals surface area contributed by atoms with E-state index in [0.717, 1.165) is 37.0 Å². The predicted octanol–water partition coefficient (Wildman–Crippen LogP) is 2.32. The molecule has 2 aromatic carbocycles. The van der Waals surface area contributed by atoms with Crippen LogP contribution in [0.2, 0.25) is 0 Å². The summed E-state index contributed by atoms with van der Waals surface area (Å²) in [5.41, 5.74) is 4.19. The Kier molecular flexibility index (Phi) is 6.23. The maximum atomic E-state index is 12.8. The lowest BCUT2D eigenvalue weighted by atomic mass is 10.00. The molecule has 0 radical (unpaired) electrons. The van der Waals surface area contributed by atoms with Gasteiger partial charge in [0.15, 0.2) is 0 Å². The van der Waals surface area contributed by atoms with Crippen LogP contribution >= 0.6 is 0 Å². The maximum Gasteiger partial charge on any atom is 0.356 e. The SMILES string of the molecule is CCOC(=O)c1[nH]c2ccc(OC)cc2c1NC(=O)CC[NH+]1CCc2ccccc2C1. The van der Waals surface area contributed by atoms with Gasteiger partial charge in [-0.3, -0.25) is 4.79 Å². The number of esters is 1. The topological polar surface area (TPSA) is 84.9 Å². The van der Waals surface area contributed by atoms with E-state index >= 15 is 0 Å². The Labute approximate surface area is 181 Å². The van der Waals surface area contributed by atoms with E-state index < -0.39 is 5.97 Å². The fourth-order valence-corrected chi connectivity index (χ4v) is 4.13. The summed E-state index contributed by atoms with van der Waals surface area (Å²) in [6.45, 7) is 4.69. The number of methoxy groups -OCH3 is 1. The van der Waals surface area contributed by atoms with Crippen LogP contribution in [0.15, 0.2) is 42.5 Å². The van der Waals surface area contributed by atoms with Gasteiger partial charge in [0.25, 0.3) is 0 Å². The smallest absolute Gasteiger partial charge is 0.356 e. The molecule has 7 nitrogen and oxygen atoms in total. The van der Waals surface area contributed by atoms with Gasteiger partial charge in [0.05, 0.1) is 38.9 Å². The van der Waals surface area contributed by atoms with Gasteiger partial charge in [0.2, 0.25) is 5.91 Å². The van der Waals surface area contributed by atoms with Crippen LogP contribution < -0.4 is 15.0 Å². The molecule has 1 aliphatic heterocycles. The first-order valence-corrected chi connectivity index (χ1v) is 10.7. The minimum atomic E-state index is -0.494. The summed E-state index contributed by atoms with van der Waals surface area (Å²) in [6.07, 6.45) is 1.40. The molecule has 31 heavy (non-hydrogen) atoms. The van der Waals surface area contributed by atoms with Crippen LogP contribution in [-0.4, -0.2) is 43.7 Å². The van der Waals surface area contributed by atoms with Gasteiger partial charge in [0.1, 0.15) is 18.0 Å². The Morgan fingerprint density at radius 2 is 1.97 bits per heavy atom. The van der Waals surface area contributed by atoms with Gasteiger partial charge >= 0.3 is 5.97 Å². The Bertz CT molecular complexity index is 1110. The first kappa shape index (κ1) is 20.9. The molecule has 0 spiro atoms. The normalized spacial score (nSPS) is 15.4. The lowest BCUT2D eigenvalue weighted by Crippen LogP contribution is -3.11. The van der Waals surface area contributed by atoms with Crippen molar-refractivity contribution >= 4 is 28.5 Å². The summed E-state index contributed by atoms with van der Waals surface area (Å²) in [7, 11) is 1.58. The first-order valence-electron chi connectivity index (χ1n) is 10.7. The van der Waals surface area contributed by atoms with Gasteiger partial charge in [-0.1, -0.05) is 24.3 Å². The number of quaternary nitrogens is 1. The number of amides is 1. The molecule has 0 aliphatic carbocycles. The van der Waals surface area contributed by atoms with Gasteiger partial charge in [-0.05, 0) is 30.7 Å². The Hall–Kier alpha value is -3.32. The highest BCUT2D eigenvalue weighted by Crippen LogP contribution is 2.31. The first-order chi connectivity index (χ1) is 15.1.